The van der Waals surface area contributed by atoms with Crippen LogP contribution < -0.4 is 0 Å². The molecule has 0 aliphatic heterocycles. The molecular formula is C16H11ClFNO. The van der Waals surface area contributed by atoms with E-state index in [1.807, 2.05) is 18.2 Å². The van der Waals surface area contributed by atoms with Crippen LogP contribution in [0.4, 0.5) is 4.39 Å². The van der Waals surface area contributed by atoms with Gasteiger partial charge in [-0.2, -0.15) is 0 Å². The molecule has 0 aliphatic rings. The first-order chi connectivity index (χ1) is 9.68. The molecule has 0 fully saturated rings. The number of aliphatic hydroxyl groups is 1. The lowest BCUT2D eigenvalue weighted by atomic mass is 9.98. The summed E-state index contributed by atoms with van der Waals surface area (Å²) in [4.78, 5) is 4.26. The van der Waals surface area contributed by atoms with Crippen LogP contribution in [0, 0.1) is 5.82 Å². The molecule has 100 valence electrons. The number of hydrogen-bond acceptors (Lipinski definition) is 2. The second-order valence-electron chi connectivity index (χ2n) is 4.46. The average Bonchev–Trinajstić information content (AvgIpc) is 2.46. The van der Waals surface area contributed by atoms with E-state index >= 15 is 0 Å². The summed E-state index contributed by atoms with van der Waals surface area (Å²) in [6, 6.07) is 13.5. The highest BCUT2D eigenvalue weighted by molar-refractivity contribution is 6.31. The van der Waals surface area contributed by atoms with Gasteiger partial charge in [-0.15, -0.1) is 0 Å². The number of para-hydroxylation sites is 1. The van der Waals surface area contributed by atoms with Gasteiger partial charge < -0.3 is 5.11 Å². The molecule has 0 amide bonds. The van der Waals surface area contributed by atoms with Gasteiger partial charge in [0.05, 0.1) is 5.52 Å². The van der Waals surface area contributed by atoms with E-state index in [0.29, 0.717) is 11.1 Å². The second-order valence-corrected chi connectivity index (χ2v) is 4.87. The number of hydrogen-bond donors (Lipinski definition) is 1. The van der Waals surface area contributed by atoms with Gasteiger partial charge in [0.2, 0.25) is 0 Å². The lowest BCUT2D eigenvalue weighted by Crippen LogP contribution is -2.05. The summed E-state index contributed by atoms with van der Waals surface area (Å²) in [5.41, 5.74) is 1.25. The third-order valence-corrected chi connectivity index (χ3v) is 3.56. The Morgan fingerprint density at radius 2 is 1.80 bits per heavy atom. The molecular weight excluding hydrogens is 277 g/mol. The summed E-state index contributed by atoms with van der Waals surface area (Å²) in [6.07, 6.45) is 0.490. The number of fused-ring (bicyclic) bond motifs is 1. The first-order valence-corrected chi connectivity index (χ1v) is 6.52. The molecule has 1 N–H and O–H groups in total. The van der Waals surface area contributed by atoms with Crippen molar-refractivity contribution in [2.45, 2.75) is 6.10 Å². The highest BCUT2D eigenvalue weighted by atomic mass is 35.5. The van der Waals surface area contributed by atoms with Gasteiger partial charge in [0.15, 0.2) is 0 Å². The minimum absolute atomic E-state index is 0.0762. The predicted molar refractivity (Wildman–Crippen MR) is 77.2 cm³/mol. The number of aliphatic hydroxyl groups excluding tert-OH is 1. The van der Waals surface area contributed by atoms with Gasteiger partial charge in [-0.1, -0.05) is 41.9 Å². The number of halogens is 2. The van der Waals surface area contributed by atoms with E-state index in [2.05, 4.69) is 4.98 Å². The fourth-order valence-electron chi connectivity index (χ4n) is 2.28. The minimum Gasteiger partial charge on any atom is -0.383 e. The summed E-state index contributed by atoms with van der Waals surface area (Å²) in [5.74, 6) is -0.530. The highest BCUT2D eigenvalue weighted by Gasteiger charge is 2.20. The van der Waals surface area contributed by atoms with Crippen LogP contribution in [0.2, 0.25) is 5.02 Å². The van der Waals surface area contributed by atoms with E-state index < -0.39 is 11.9 Å². The Kier molecular flexibility index (Phi) is 3.38. The molecule has 0 bridgehead atoms. The lowest BCUT2D eigenvalue weighted by molar-refractivity contribution is 0.216. The number of nitrogens with zero attached hydrogens (tertiary/aromatic N) is 1. The van der Waals surface area contributed by atoms with E-state index in [-0.39, 0.29) is 10.6 Å². The van der Waals surface area contributed by atoms with Crippen LogP contribution in [0.3, 0.4) is 0 Å². The standard InChI is InChI=1S/C16H11ClFNO/c17-12-7-2-8-13(18)14(12)16(20)11-6-1-4-10-5-3-9-19-15(10)11/h1-9,16,20H. The van der Waals surface area contributed by atoms with Crippen LogP contribution in [0.1, 0.15) is 17.2 Å². The molecule has 0 radical (unpaired) electrons. The second kappa shape index (κ2) is 5.19. The van der Waals surface area contributed by atoms with Crippen LogP contribution in [-0.4, -0.2) is 10.1 Å². The van der Waals surface area contributed by atoms with Crippen molar-refractivity contribution >= 4 is 22.5 Å². The van der Waals surface area contributed by atoms with Crippen molar-refractivity contribution in [2.75, 3.05) is 0 Å². The maximum atomic E-state index is 13.9. The first-order valence-electron chi connectivity index (χ1n) is 6.14. The van der Waals surface area contributed by atoms with Crippen molar-refractivity contribution < 1.29 is 9.50 Å². The van der Waals surface area contributed by atoms with Crippen molar-refractivity contribution in [3.05, 3.63) is 76.7 Å². The van der Waals surface area contributed by atoms with Crippen LogP contribution in [0.25, 0.3) is 10.9 Å². The molecule has 1 atom stereocenters. The summed E-state index contributed by atoms with van der Waals surface area (Å²) in [6.45, 7) is 0. The largest absolute Gasteiger partial charge is 0.383 e. The summed E-state index contributed by atoms with van der Waals surface area (Å²) < 4.78 is 13.9. The van der Waals surface area contributed by atoms with E-state index in [0.717, 1.165) is 5.39 Å². The molecule has 3 aromatic rings. The Bertz CT molecular complexity index is 750. The van der Waals surface area contributed by atoms with Gasteiger partial charge in [0, 0.05) is 27.7 Å². The Morgan fingerprint density at radius 3 is 2.60 bits per heavy atom. The molecule has 0 saturated carbocycles. The fraction of sp³-hybridized carbons (Fsp3) is 0.0625. The van der Waals surface area contributed by atoms with Crippen molar-refractivity contribution in [3.63, 3.8) is 0 Å². The quantitative estimate of drug-likeness (QED) is 0.769. The SMILES string of the molecule is OC(c1c(F)cccc1Cl)c1cccc2cccnc12. The Hall–Kier alpha value is -1.97. The number of pyridine rings is 1. The zero-order valence-electron chi connectivity index (χ0n) is 10.4. The number of benzene rings is 2. The molecule has 0 spiro atoms. The third-order valence-electron chi connectivity index (χ3n) is 3.23. The van der Waals surface area contributed by atoms with Crippen LogP contribution in [-0.2, 0) is 0 Å². The topological polar surface area (TPSA) is 33.1 Å². The van der Waals surface area contributed by atoms with Gasteiger partial charge in [-0.3, -0.25) is 4.98 Å². The van der Waals surface area contributed by atoms with Gasteiger partial charge in [-0.25, -0.2) is 4.39 Å². The number of rotatable bonds is 2. The molecule has 0 aliphatic carbocycles. The average molecular weight is 288 g/mol. The maximum absolute atomic E-state index is 13.9. The van der Waals surface area contributed by atoms with Gasteiger partial charge in [-0.05, 0) is 18.2 Å². The van der Waals surface area contributed by atoms with Crippen molar-refractivity contribution in [3.8, 4) is 0 Å². The van der Waals surface area contributed by atoms with Crippen molar-refractivity contribution in [1.82, 2.24) is 4.98 Å². The van der Waals surface area contributed by atoms with Crippen LogP contribution >= 0.6 is 11.6 Å². The van der Waals surface area contributed by atoms with Gasteiger partial charge >= 0.3 is 0 Å². The normalized spacial score (nSPS) is 12.6. The first kappa shape index (κ1) is 13.0. The molecule has 2 aromatic carbocycles. The highest BCUT2D eigenvalue weighted by Crippen LogP contribution is 2.33. The Balaban J connectivity index is 2.21. The molecule has 1 aromatic heterocycles. The van der Waals surface area contributed by atoms with E-state index in [1.54, 1.807) is 24.4 Å². The molecule has 20 heavy (non-hydrogen) atoms. The zero-order valence-corrected chi connectivity index (χ0v) is 11.2. The molecule has 0 saturated heterocycles. The molecule has 3 rings (SSSR count). The fourth-order valence-corrected chi connectivity index (χ4v) is 2.54. The van der Waals surface area contributed by atoms with Gasteiger partial charge in [0.1, 0.15) is 11.9 Å². The number of aromatic nitrogens is 1. The summed E-state index contributed by atoms with van der Waals surface area (Å²) in [7, 11) is 0. The smallest absolute Gasteiger partial charge is 0.130 e. The van der Waals surface area contributed by atoms with Crippen molar-refractivity contribution in [1.29, 1.82) is 0 Å². The van der Waals surface area contributed by atoms with E-state index in [4.69, 9.17) is 11.6 Å². The summed E-state index contributed by atoms with van der Waals surface area (Å²) in [5, 5.41) is 11.6. The predicted octanol–water partition coefficient (Wildman–Crippen LogP) is 4.11. The van der Waals surface area contributed by atoms with E-state index in [9.17, 15) is 9.50 Å². The Labute approximate surface area is 120 Å². The molecule has 1 unspecified atom stereocenters. The minimum atomic E-state index is -1.15. The van der Waals surface area contributed by atoms with E-state index in [1.165, 1.54) is 12.1 Å². The zero-order chi connectivity index (χ0) is 14.1. The lowest BCUT2D eigenvalue weighted by Gasteiger charge is -2.15. The monoisotopic (exact) mass is 287 g/mol. The molecule has 2 nitrogen and oxygen atoms in total. The van der Waals surface area contributed by atoms with Crippen LogP contribution in [0.5, 0.6) is 0 Å². The Morgan fingerprint density at radius 1 is 1.05 bits per heavy atom. The maximum Gasteiger partial charge on any atom is 0.130 e. The van der Waals surface area contributed by atoms with Gasteiger partial charge in [0.25, 0.3) is 0 Å². The molecule has 1 heterocycles. The van der Waals surface area contributed by atoms with Crippen molar-refractivity contribution in [2.24, 2.45) is 0 Å². The summed E-state index contributed by atoms with van der Waals surface area (Å²) >= 11 is 6.01. The molecule has 4 heteroatoms. The third kappa shape index (κ3) is 2.15. The van der Waals surface area contributed by atoms with Crippen LogP contribution in [0.15, 0.2) is 54.7 Å².